The van der Waals surface area contributed by atoms with Gasteiger partial charge in [-0.3, -0.25) is 9.48 Å². The van der Waals surface area contributed by atoms with Gasteiger partial charge >= 0.3 is 0 Å². The highest BCUT2D eigenvalue weighted by molar-refractivity contribution is 5.76. The molecule has 1 aromatic heterocycles. The van der Waals surface area contributed by atoms with Gasteiger partial charge in [0.2, 0.25) is 5.91 Å². The molecule has 1 saturated carbocycles. The zero-order valence-corrected chi connectivity index (χ0v) is 18.4. The molecule has 0 bridgehead atoms. The Labute approximate surface area is 183 Å². The Bertz CT molecular complexity index is 929. The lowest BCUT2D eigenvalue weighted by molar-refractivity contribution is -0.131. The van der Waals surface area contributed by atoms with Crippen molar-refractivity contribution in [2.45, 2.75) is 45.3 Å². The molecule has 2 fully saturated rings. The second kappa shape index (κ2) is 8.91. The molecule has 31 heavy (non-hydrogen) atoms. The van der Waals surface area contributed by atoms with E-state index in [1.54, 1.807) is 7.11 Å². The van der Waals surface area contributed by atoms with Crippen LogP contribution in [0, 0.1) is 5.92 Å². The number of fused-ring (bicyclic) bond motifs is 1. The summed E-state index contributed by atoms with van der Waals surface area (Å²) in [6.07, 6.45) is 4.81. The van der Waals surface area contributed by atoms with Crippen LogP contribution in [0.25, 0.3) is 0 Å². The van der Waals surface area contributed by atoms with E-state index in [4.69, 9.17) is 14.6 Å². The minimum absolute atomic E-state index is 0.229. The molecule has 0 spiro atoms. The van der Waals surface area contributed by atoms with Crippen molar-refractivity contribution >= 4 is 11.6 Å². The highest BCUT2D eigenvalue weighted by atomic mass is 16.5. The third-order valence-corrected chi connectivity index (χ3v) is 6.73. The van der Waals surface area contributed by atoms with E-state index in [-0.39, 0.29) is 5.91 Å². The summed E-state index contributed by atoms with van der Waals surface area (Å²) >= 11 is 0. The van der Waals surface area contributed by atoms with E-state index >= 15 is 0 Å². The van der Waals surface area contributed by atoms with Gasteiger partial charge in [-0.25, -0.2) is 0 Å². The summed E-state index contributed by atoms with van der Waals surface area (Å²) in [5.74, 6) is 1.89. The number of carbonyl (C=O) groups excluding carboxylic acids is 1. The smallest absolute Gasteiger partial charge is 0.223 e. The van der Waals surface area contributed by atoms with Gasteiger partial charge in [0.1, 0.15) is 5.75 Å². The predicted octanol–water partition coefficient (Wildman–Crippen LogP) is 2.66. The number of hydrogen-bond acceptors (Lipinski definition) is 5. The van der Waals surface area contributed by atoms with Crippen LogP contribution in [0.15, 0.2) is 24.3 Å². The Morgan fingerprint density at radius 1 is 1.23 bits per heavy atom. The number of amides is 1. The van der Waals surface area contributed by atoms with Crippen LogP contribution in [0.3, 0.4) is 0 Å². The van der Waals surface area contributed by atoms with Gasteiger partial charge in [0.25, 0.3) is 0 Å². The molecule has 0 radical (unpaired) electrons. The number of anilines is 1. The average Bonchev–Trinajstić information content (AvgIpc) is 3.58. The number of aromatic nitrogens is 2. The van der Waals surface area contributed by atoms with Crippen molar-refractivity contribution in [1.82, 2.24) is 14.7 Å². The first-order valence-electron chi connectivity index (χ1n) is 11.5. The van der Waals surface area contributed by atoms with Crippen LogP contribution < -0.4 is 9.64 Å². The van der Waals surface area contributed by atoms with Gasteiger partial charge in [-0.15, -0.1) is 0 Å². The van der Waals surface area contributed by atoms with Crippen LogP contribution >= 0.6 is 0 Å². The Kier molecular flexibility index (Phi) is 5.85. The standard InChI is InChI=1S/C24H32N4O3/c1-30-20-4-2-3-19(15-20)26-10-12-27(13-11-26)24(29)8-7-22-21-17-31-14-9-23(21)28(25-22)16-18-5-6-18/h2-4,15,18H,5-14,16-17H2,1H3. The molecule has 2 aliphatic heterocycles. The van der Waals surface area contributed by atoms with Crippen LogP contribution in [-0.2, 0) is 35.5 Å². The van der Waals surface area contributed by atoms with Crippen LogP contribution in [0.4, 0.5) is 5.69 Å². The number of methoxy groups -OCH3 is 1. The van der Waals surface area contributed by atoms with Crippen molar-refractivity contribution in [3.05, 3.63) is 41.2 Å². The van der Waals surface area contributed by atoms with Gasteiger partial charge < -0.3 is 19.3 Å². The second-order valence-corrected chi connectivity index (χ2v) is 8.87. The zero-order chi connectivity index (χ0) is 21.2. The molecule has 166 valence electrons. The maximum absolute atomic E-state index is 12.9. The number of rotatable bonds is 7. The molecule has 1 saturated heterocycles. The Morgan fingerprint density at radius 3 is 2.84 bits per heavy atom. The molecule has 0 unspecified atom stereocenters. The zero-order valence-electron chi connectivity index (χ0n) is 18.4. The van der Waals surface area contributed by atoms with E-state index in [0.29, 0.717) is 19.4 Å². The molecule has 0 N–H and O–H groups in total. The summed E-state index contributed by atoms with van der Waals surface area (Å²) < 4.78 is 13.2. The lowest BCUT2D eigenvalue weighted by Crippen LogP contribution is -2.48. The summed E-state index contributed by atoms with van der Waals surface area (Å²) in [4.78, 5) is 17.2. The summed E-state index contributed by atoms with van der Waals surface area (Å²) in [6.45, 7) is 5.65. The van der Waals surface area contributed by atoms with Crippen molar-refractivity contribution in [3.8, 4) is 5.75 Å². The number of aryl methyl sites for hydroxylation is 1. The number of ether oxygens (including phenoxy) is 2. The molecule has 1 aliphatic carbocycles. The Balaban J connectivity index is 1.17. The number of hydrogen-bond donors (Lipinski definition) is 0. The molecule has 7 heteroatoms. The van der Waals surface area contributed by atoms with E-state index < -0.39 is 0 Å². The van der Waals surface area contributed by atoms with Crippen LogP contribution in [-0.4, -0.2) is 60.5 Å². The Hall–Kier alpha value is -2.54. The third kappa shape index (κ3) is 4.56. The van der Waals surface area contributed by atoms with Gasteiger partial charge in [0.05, 0.1) is 26.0 Å². The maximum atomic E-state index is 12.9. The molecule has 3 heterocycles. The molecular weight excluding hydrogens is 392 g/mol. The molecule has 1 aromatic carbocycles. The molecule has 2 aromatic rings. The quantitative estimate of drug-likeness (QED) is 0.684. The minimum atomic E-state index is 0.229. The molecule has 3 aliphatic rings. The van der Waals surface area contributed by atoms with E-state index in [0.717, 1.165) is 68.8 Å². The fourth-order valence-electron chi connectivity index (χ4n) is 4.68. The van der Waals surface area contributed by atoms with E-state index in [1.807, 2.05) is 17.0 Å². The first kappa shape index (κ1) is 20.4. The lowest BCUT2D eigenvalue weighted by atomic mass is 10.1. The van der Waals surface area contributed by atoms with Gasteiger partial charge in [0.15, 0.2) is 0 Å². The van der Waals surface area contributed by atoms with Crippen LogP contribution in [0.2, 0.25) is 0 Å². The van der Waals surface area contributed by atoms with Gasteiger partial charge in [-0.05, 0) is 30.9 Å². The van der Waals surface area contributed by atoms with E-state index in [2.05, 4.69) is 21.7 Å². The molecule has 0 atom stereocenters. The number of nitrogens with zero attached hydrogens (tertiary/aromatic N) is 4. The number of piperazine rings is 1. The van der Waals surface area contributed by atoms with Gasteiger partial charge in [-0.2, -0.15) is 5.10 Å². The first-order valence-corrected chi connectivity index (χ1v) is 11.5. The monoisotopic (exact) mass is 424 g/mol. The van der Waals surface area contributed by atoms with E-state index in [9.17, 15) is 4.79 Å². The number of benzene rings is 1. The summed E-state index contributed by atoms with van der Waals surface area (Å²) in [5, 5.41) is 4.90. The van der Waals surface area contributed by atoms with Crippen molar-refractivity contribution < 1.29 is 14.3 Å². The van der Waals surface area contributed by atoms with Crippen molar-refractivity contribution in [3.63, 3.8) is 0 Å². The van der Waals surface area contributed by atoms with Crippen molar-refractivity contribution in [1.29, 1.82) is 0 Å². The first-order chi connectivity index (χ1) is 15.2. The fraction of sp³-hybridized carbons (Fsp3) is 0.583. The summed E-state index contributed by atoms with van der Waals surface area (Å²) in [5.41, 5.74) is 4.80. The highest BCUT2D eigenvalue weighted by Gasteiger charge is 2.28. The molecule has 1 amide bonds. The van der Waals surface area contributed by atoms with Crippen molar-refractivity contribution in [2.24, 2.45) is 5.92 Å². The molecule has 5 rings (SSSR count). The second-order valence-electron chi connectivity index (χ2n) is 8.87. The summed E-state index contributed by atoms with van der Waals surface area (Å²) in [6, 6.07) is 8.13. The third-order valence-electron chi connectivity index (χ3n) is 6.73. The summed E-state index contributed by atoms with van der Waals surface area (Å²) in [7, 11) is 1.69. The topological polar surface area (TPSA) is 59.8 Å². The lowest BCUT2D eigenvalue weighted by Gasteiger charge is -2.36. The molecule has 7 nitrogen and oxygen atoms in total. The predicted molar refractivity (Wildman–Crippen MR) is 118 cm³/mol. The van der Waals surface area contributed by atoms with Crippen LogP contribution in [0.1, 0.15) is 36.2 Å². The SMILES string of the molecule is COc1cccc(N2CCN(C(=O)CCc3nn(CC4CC4)c4c3COCC4)CC2)c1. The normalized spacial score (nSPS) is 18.7. The fourth-order valence-corrected chi connectivity index (χ4v) is 4.68. The largest absolute Gasteiger partial charge is 0.497 e. The van der Waals surface area contributed by atoms with Crippen molar-refractivity contribution in [2.75, 3.05) is 44.8 Å². The van der Waals surface area contributed by atoms with Crippen LogP contribution in [0.5, 0.6) is 5.75 Å². The number of carbonyl (C=O) groups is 1. The Morgan fingerprint density at radius 2 is 2.06 bits per heavy atom. The van der Waals surface area contributed by atoms with Gasteiger partial charge in [-0.1, -0.05) is 6.07 Å². The maximum Gasteiger partial charge on any atom is 0.223 e. The minimum Gasteiger partial charge on any atom is -0.497 e. The molecular formula is C24H32N4O3. The average molecular weight is 425 g/mol. The highest BCUT2D eigenvalue weighted by Crippen LogP contribution is 2.32. The van der Waals surface area contributed by atoms with E-state index in [1.165, 1.54) is 24.1 Å². The van der Waals surface area contributed by atoms with Gasteiger partial charge in [0, 0.05) is 75.0 Å².